The Kier molecular flexibility index (Phi) is 8.68. The van der Waals surface area contributed by atoms with Gasteiger partial charge in [-0.25, -0.2) is 29.9 Å². The van der Waals surface area contributed by atoms with Gasteiger partial charge in [-0.3, -0.25) is 0 Å². The number of halogens is 3. The van der Waals surface area contributed by atoms with E-state index < -0.39 is 11.7 Å². The zero-order valence-corrected chi connectivity index (χ0v) is 33.6. The molecule has 0 radical (unpaired) electrons. The molecular weight excluding hydrogens is 786 g/mol. The highest BCUT2D eigenvalue weighted by Gasteiger charge is 2.37. The molecule has 62 heavy (non-hydrogen) atoms. The van der Waals surface area contributed by atoms with Crippen LogP contribution in [0.1, 0.15) is 40.0 Å². The van der Waals surface area contributed by atoms with Crippen LogP contribution < -0.4 is 0 Å². The van der Waals surface area contributed by atoms with Gasteiger partial charge in [-0.15, -0.1) is 0 Å². The quantitative estimate of drug-likeness (QED) is 0.168. The van der Waals surface area contributed by atoms with Gasteiger partial charge in [0.25, 0.3) is 0 Å². The smallest absolute Gasteiger partial charge is 0.308 e. The van der Waals surface area contributed by atoms with Crippen molar-refractivity contribution < 1.29 is 13.2 Å². The van der Waals surface area contributed by atoms with Gasteiger partial charge in [-0.2, -0.15) is 23.7 Å². The molecule has 0 unspecified atom stereocenters. The zero-order chi connectivity index (χ0) is 43.0. The van der Waals surface area contributed by atoms with Gasteiger partial charge in [0.2, 0.25) is 0 Å². The van der Waals surface area contributed by atoms with Crippen molar-refractivity contribution in [2.75, 3.05) is 0 Å². The third kappa shape index (κ3) is 6.09. The van der Waals surface area contributed by atoms with Crippen molar-refractivity contribution in [3.8, 4) is 57.4 Å². The Labute approximate surface area is 351 Å². The van der Waals surface area contributed by atoms with Gasteiger partial charge in [-0.1, -0.05) is 66.7 Å². The Morgan fingerprint density at radius 3 is 1.35 bits per heavy atom. The van der Waals surface area contributed by atoms with Crippen molar-refractivity contribution >= 4 is 43.6 Å². The van der Waals surface area contributed by atoms with Crippen molar-refractivity contribution in [3.05, 3.63) is 155 Å². The Hall–Kier alpha value is -8.29. The molecular formula is C49H31F3N10. The summed E-state index contributed by atoms with van der Waals surface area (Å²) >= 11 is 0. The van der Waals surface area contributed by atoms with Crippen LogP contribution in [0.3, 0.4) is 0 Å². The van der Waals surface area contributed by atoms with Gasteiger partial charge >= 0.3 is 6.18 Å². The Balaban J connectivity index is 1.42. The van der Waals surface area contributed by atoms with Crippen LogP contribution in [0.5, 0.6) is 0 Å². The number of alkyl halides is 3. The molecule has 0 fully saturated rings. The average Bonchev–Trinajstić information content (AvgIpc) is 3.76. The number of hydrogen-bond acceptors (Lipinski definition) is 8. The molecule has 0 saturated carbocycles. The molecule has 10 aromatic rings. The summed E-state index contributed by atoms with van der Waals surface area (Å²) < 4.78 is 50.4. The topological polar surface area (TPSA) is 135 Å². The number of nitriles is 2. The second kappa shape index (κ2) is 14.2. The van der Waals surface area contributed by atoms with Crippen molar-refractivity contribution in [2.45, 2.75) is 33.9 Å². The van der Waals surface area contributed by atoms with E-state index in [1.807, 2.05) is 94.1 Å². The van der Waals surface area contributed by atoms with E-state index >= 15 is 13.2 Å². The second-order valence-electron chi connectivity index (χ2n) is 15.0. The van der Waals surface area contributed by atoms with Gasteiger partial charge in [0.05, 0.1) is 62.3 Å². The minimum Gasteiger partial charge on any atom is -0.308 e. The van der Waals surface area contributed by atoms with Crippen LogP contribution in [0.25, 0.3) is 88.9 Å². The first-order valence-corrected chi connectivity index (χ1v) is 19.6. The van der Waals surface area contributed by atoms with Crippen LogP contribution in [0, 0.1) is 50.4 Å². The number of aryl methyl sites for hydroxylation is 4. The first-order chi connectivity index (χ1) is 29.9. The van der Waals surface area contributed by atoms with Crippen LogP contribution in [-0.2, 0) is 6.18 Å². The fourth-order valence-electron chi connectivity index (χ4n) is 8.66. The standard InChI is InChI=1S/C49H31F3N10/c1-26-55-27(2)58-47(57-26)31-16-18-36-34-11-5-7-14-39(34)61(41(36)22-31)43-20-30(24-53)21-44(46(43)45-33(25-54)10-9-13-38(45)49(50,51)52)62-40-15-8-6-12-35(40)37-19-17-32(23-42(37)62)48-59-28(3)56-29(4)60-48/h5-23H,1-4H3. The van der Waals surface area contributed by atoms with E-state index in [4.69, 9.17) is 0 Å². The minimum absolute atomic E-state index is 0.0910. The monoisotopic (exact) mass is 816 g/mol. The lowest BCUT2D eigenvalue weighted by atomic mass is 9.90. The highest BCUT2D eigenvalue weighted by Crippen LogP contribution is 2.48. The summed E-state index contributed by atoms with van der Waals surface area (Å²) in [5.74, 6) is 2.99. The van der Waals surface area contributed by atoms with Crippen molar-refractivity contribution in [2.24, 2.45) is 0 Å². The van der Waals surface area contributed by atoms with E-state index in [9.17, 15) is 10.5 Å². The van der Waals surface area contributed by atoms with Crippen LogP contribution in [0.15, 0.2) is 115 Å². The van der Waals surface area contributed by atoms with E-state index in [0.717, 1.165) is 27.6 Å². The molecule has 4 heterocycles. The summed E-state index contributed by atoms with van der Waals surface area (Å²) in [5, 5.41) is 24.8. The molecule has 13 heteroatoms. The molecule has 10 rings (SSSR count). The molecule has 0 aliphatic rings. The molecule has 6 aromatic carbocycles. The number of aromatic nitrogens is 8. The third-order valence-electron chi connectivity index (χ3n) is 11.0. The second-order valence-corrected chi connectivity index (χ2v) is 15.0. The summed E-state index contributed by atoms with van der Waals surface area (Å²) in [4.78, 5) is 27.2. The van der Waals surface area contributed by atoms with Crippen LogP contribution in [0.2, 0.25) is 0 Å². The van der Waals surface area contributed by atoms with E-state index in [1.54, 1.807) is 39.8 Å². The lowest BCUT2D eigenvalue weighted by molar-refractivity contribution is -0.137. The normalized spacial score (nSPS) is 11.8. The van der Waals surface area contributed by atoms with Crippen molar-refractivity contribution in [1.29, 1.82) is 10.5 Å². The SMILES string of the molecule is Cc1nc(C)nc(-c2ccc3c4ccccc4n(-c4cc(C#N)cc(-n5c6ccccc6c6ccc(-c7nc(C)nc(C)n7)cc65)c4-c4c(C#N)cccc4C(F)(F)F)c3c2)n1. The number of nitrogens with zero attached hydrogens (tertiary/aromatic N) is 10. The lowest BCUT2D eigenvalue weighted by Crippen LogP contribution is -2.12. The summed E-state index contributed by atoms with van der Waals surface area (Å²) in [6.07, 6.45) is -4.88. The Bertz CT molecular complexity index is 3370. The fraction of sp³-hybridized carbons (Fsp3) is 0.102. The lowest BCUT2D eigenvalue weighted by Gasteiger charge is -2.24. The van der Waals surface area contributed by atoms with E-state index in [0.29, 0.717) is 68.1 Å². The summed E-state index contributed by atoms with van der Waals surface area (Å²) in [6.45, 7) is 7.13. The maximum Gasteiger partial charge on any atom is 0.417 e. The molecule has 0 N–H and O–H groups in total. The highest BCUT2D eigenvalue weighted by atomic mass is 19.4. The molecule has 0 amide bonds. The highest BCUT2D eigenvalue weighted by molar-refractivity contribution is 6.13. The Morgan fingerprint density at radius 1 is 0.468 bits per heavy atom. The van der Waals surface area contributed by atoms with Gasteiger partial charge in [0, 0.05) is 43.8 Å². The van der Waals surface area contributed by atoms with Crippen LogP contribution >= 0.6 is 0 Å². The van der Waals surface area contributed by atoms with Gasteiger partial charge in [0.15, 0.2) is 11.6 Å². The number of benzene rings is 6. The molecule has 0 bridgehead atoms. The number of hydrogen-bond donors (Lipinski definition) is 0. The summed E-state index contributed by atoms with van der Waals surface area (Å²) in [5.41, 5.74) is 3.14. The molecule has 0 spiro atoms. The third-order valence-corrected chi connectivity index (χ3v) is 11.0. The average molecular weight is 817 g/mol. The fourth-order valence-corrected chi connectivity index (χ4v) is 8.66. The van der Waals surface area contributed by atoms with Crippen molar-refractivity contribution in [1.82, 2.24) is 39.0 Å². The molecule has 0 saturated heterocycles. The Morgan fingerprint density at radius 2 is 0.919 bits per heavy atom. The number of para-hydroxylation sites is 2. The zero-order valence-electron chi connectivity index (χ0n) is 33.6. The molecule has 0 atom stereocenters. The molecule has 4 aromatic heterocycles. The van der Waals surface area contributed by atoms with Crippen LogP contribution in [0.4, 0.5) is 13.2 Å². The minimum atomic E-state index is -4.88. The van der Waals surface area contributed by atoms with Crippen molar-refractivity contribution in [3.63, 3.8) is 0 Å². The predicted octanol–water partition coefficient (Wildman–Crippen LogP) is 11.2. The first-order valence-electron chi connectivity index (χ1n) is 19.6. The van der Waals surface area contributed by atoms with E-state index in [1.165, 1.54) is 12.1 Å². The van der Waals surface area contributed by atoms with Gasteiger partial charge < -0.3 is 9.13 Å². The van der Waals surface area contributed by atoms with E-state index in [2.05, 4.69) is 42.0 Å². The van der Waals surface area contributed by atoms with Gasteiger partial charge in [0.1, 0.15) is 23.3 Å². The summed E-state index contributed by atoms with van der Waals surface area (Å²) in [7, 11) is 0. The summed E-state index contributed by atoms with van der Waals surface area (Å²) in [6, 6.07) is 37.9. The maximum absolute atomic E-state index is 15.6. The molecule has 298 valence electrons. The first kappa shape index (κ1) is 37.9. The molecule has 0 aliphatic heterocycles. The molecule has 10 nitrogen and oxygen atoms in total. The largest absolute Gasteiger partial charge is 0.417 e. The number of fused-ring (bicyclic) bond motifs is 6. The predicted molar refractivity (Wildman–Crippen MR) is 232 cm³/mol. The molecule has 0 aliphatic carbocycles. The maximum atomic E-state index is 15.6. The number of rotatable bonds is 5. The van der Waals surface area contributed by atoms with E-state index in [-0.39, 0.29) is 33.6 Å². The van der Waals surface area contributed by atoms with Gasteiger partial charge in [-0.05, 0) is 76.2 Å². The van der Waals surface area contributed by atoms with Crippen LogP contribution in [-0.4, -0.2) is 39.0 Å².